The van der Waals surface area contributed by atoms with Crippen molar-refractivity contribution in [1.82, 2.24) is 0 Å². The van der Waals surface area contributed by atoms with E-state index in [-0.39, 0.29) is 0 Å². The highest BCUT2D eigenvalue weighted by Crippen LogP contribution is 2.49. The monoisotopic (exact) mass is 649 g/mol. The Labute approximate surface area is 299 Å². The molecule has 0 unspecified atom stereocenters. The quantitative estimate of drug-likeness (QED) is 0.155. The van der Waals surface area contributed by atoms with Crippen molar-refractivity contribution in [2.75, 3.05) is 4.90 Å². The van der Waals surface area contributed by atoms with Gasteiger partial charge in [0.2, 0.25) is 0 Å². The van der Waals surface area contributed by atoms with Gasteiger partial charge in [-0.3, -0.25) is 0 Å². The molecule has 1 heteroatoms. The maximum atomic E-state index is 2.44. The Bertz CT molecular complexity index is 2590. The fourth-order valence-corrected chi connectivity index (χ4v) is 7.49. The van der Waals surface area contributed by atoms with E-state index in [0.717, 1.165) is 11.4 Å². The summed E-state index contributed by atoms with van der Waals surface area (Å²) < 4.78 is 0. The molecular weight excluding hydrogens is 615 g/mol. The molecule has 0 fully saturated rings. The van der Waals surface area contributed by atoms with Crippen molar-refractivity contribution in [2.45, 2.75) is 0 Å². The van der Waals surface area contributed by atoms with Crippen LogP contribution in [0, 0.1) is 0 Å². The van der Waals surface area contributed by atoms with Gasteiger partial charge in [0.05, 0.1) is 5.69 Å². The number of hydrogen-bond acceptors (Lipinski definition) is 1. The van der Waals surface area contributed by atoms with Gasteiger partial charge in [-0.05, 0) is 85.4 Å². The highest BCUT2D eigenvalue weighted by atomic mass is 15.1. The first kappa shape index (κ1) is 30.4. The van der Waals surface area contributed by atoms with Gasteiger partial charge in [0.25, 0.3) is 0 Å². The molecule has 51 heavy (non-hydrogen) atoms. The van der Waals surface area contributed by atoms with Crippen LogP contribution < -0.4 is 4.90 Å². The van der Waals surface area contributed by atoms with Gasteiger partial charge in [-0.25, -0.2) is 0 Å². The summed E-state index contributed by atoms with van der Waals surface area (Å²) in [7, 11) is 0. The van der Waals surface area contributed by atoms with Crippen LogP contribution >= 0.6 is 0 Å². The van der Waals surface area contributed by atoms with Crippen molar-refractivity contribution in [2.24, 2.45) is 0 Å². The van der Waals surface area contributed by atoms with E-state index in [1.807, 2.05) is 0 Å². The van der Waals surface area contributed by atoms with E-state index in [1.165, 1.54) is 71.7 Å². The first-order valence-electron chi connectivity index (χ1n) is 17.5. The average Bonchev–Trinajstić information content (AvgIpc) is 3.22. The van der Waals surface area contributed by atoms with Gasteiger partial charge in [-0.15, -0.1) is 0 Å². The summed E-state index contributed by atoms with van der Waals surface area (Å²) in [5, 5.41) is 4.95. The van der Waals surface area contributed by atoms with Crippen LogP contribution in [-0.4, -0.2) is 0 Å². The second-order valence-electron chi connectivity index (χ2n) is 12.9. The van der Waals surface area contributed by atoms with Gasteiger partial charge in [-0.1, -0.05) is 182 Å². The van der Waals surface area contributed by atoms with Crippen LogP contribution in [0.3, 0.4) is 0 Å². The number of hydrogen-bond donors (Lipinski definition) is 0. The highest BCUT2D eigenvalue weighted by Gasteiger charge is 2.23. The molecule has 9 aromatic carbocycles. The molecule has 0 aliphatic carbocycles. The molecule has 0 saturated heterocycles. The van der Waals surface area contributed by atoms with Gasteiger partial charge in [0.1, 0.15) is 0 Å². The van der Waals surface area contributed by atoms with Crippen LogP contribution in [0.4, 0.5) is 17.1 Å². The summed E-state index contributed by atoms with van der Waals surface area (Å²) in [6.07, 6.45) is 0. The molecule has 0 bridgehead atoms. The van der Waals surface area contributed by atoms with Crippen molar-refractivity contribution < 1.29 is 0 Å². The Morgan fingerprint density at radius 2 is 0.686 bits per heavy atom. The number of fused-ring (bicyclic) bond motifs is 3. The lowest BCUT2D eigenvalue weighted by atomic mass is 9.89. The van der Waals surface area contributed by atoms with Crippen molar-refractivity contribution in [3.63, 3.8) is 0 Å². The molecule has 0 saturated carbocycles. The number of para-hydroxylation sites is 1. The van der Waals surface area contributed by atoms with E-state index >= 15 is 0 Å². The third-order valence-corrected chi connectivity index (χ3v) is 9.85. The summed E-state index contributed by atoms with van der Waals surface area (Å²) in [4.78, 5) is 2.44. The lowest BCUT2D eigenvalue weighted by Crippen LogP contribution is -2.12. The molecular formula is C50H35N. The Balaban J connectivity index is 1.28. The third kappa shape index (κ3) is 5.65. The second-order valence-corrected chi connectivity index (χ2v) is 12.9. The minimum Gasteiger partial charge on any atom is -0.309 e. The number of rotatable bonds is 7. The van der Waals surface area contributed by atoms with E-state index < -0.39 is 0 Å². The van der Waals surface area contributed by atoms with Crippen LogP contribution in [-0.2, 0) is 0 Å². The molecule has 9 rings (SSSR count). The van der Waals surface area contributed by atoms with Crippen molar-refractivity contribution >= 4 is 38.6 Å². The maximum Gasteiger partial charge on any atom is 0.0624 e. The molecule has 240 valence electrons. The second kappa shape index (κ2) is 13.3. The molecule has 0 heterocycles. The Hall–Kier alpha value is -6.70. The number of nitrogens with zero attached hydrogens (tertiary/aromatic N) is 1. The molecule has 0 amide bonds. The Morgan fingerprint density at radius 1 is 0.255 bits per heavy atom. The lowest BCUT2D eigenvalue weighted by Gasteiger charge is -2.30. The normalized spacial score (nSPS) is 11.1. The van der Waals surface area contributed by atoms with Crippen LogP contribution in [0.15, 0.2) is 212 Å². The molecule has 0 atom stereocenters. The van der Waals surface area contributed by atoms with Gasteiger partial charge < -0.3 is 4.90 Å². The topological polar surface area (TPSA) is 3.24 Å². The van der Waals surface area contributed by atoms with Crippen molar-refractivity contribution in [3.05, 3.63) is 212 Å². The molecule has 0 N–H and O–H groups in total. The van der Waals surface area contributed by atoms with Crippen LogP contribution in [0.1, 0.15) is 0 Å². The van der Waals surface area contributed by atoms with E-state index in [9.17, 15) is 0 Å². The molecule has 0 aliphatic heterocycles. The van der Waals surface area contributed by atoms with Gasteiger partial charge in [0.15, 0.2) is 0 Å². The first-order chi connectivity index (χ1) is 25.3. The molecule has 0 aliphatic rings. The molecule has 1 nitrogen and oxygen atoms in total. The molecule has 0 aromatic heterocycles. The van der Waals surface area contributed by atoms with E-state index in [1.54, 1.807) is 0 Å². The van der Waals surface area contributed by atoms with Crippen molar-refractivity contribution in [3.8, 4) is 44.5 Å². The summed E-state index contributed by atoms with van der Waals surface area (Å²) in [5.74, 6) is 0. The standard InChI is InChI=1S/C50H35N/c1-5-17-36(18-6-1)40-31-34-43(37-19-7-2-8-20-37)48(35-40)38-29-32-42(33-30-38)51(41-23-11-4-12-24-41)50-47-28-16-14-26-45(47)44-25-13-15-27-46(44)49(50)39-21-9-3-10-22-39/h1-35H. The zero-order valence-electron chi connectivity index (χ0n) is 28.2. The summed E-state index contributed by atoms with van der Waals surface area (Å²) >= 11 is 0. The SMILES string of the molecule is c1ccc(-c2ccc(-c3ccccc3)c(-c3ccc(N(c4ccccc4)c4c(-c5ccccc5)c5ccccc5c5ccccc45)cc3)c2)cc1. The van der Waals surface area contributed by atoms with Gasteiger partial charge >= 0.3 is 0 Å². The Morgan fingerprint density at radius 3 is 1.31 bits per heavy atom. The fourth-order valence-electron chi connectivity index (χ4n) is 7.49. The smallest absolute Gasteiger partial charge is 0.0624 e. The predicted octanol–water partition coefficient (Wildman–Crippen LogP) is 14.1. The zero-order valence-corrected chi connectivity index (χ0v) is 28.2. The first-order valence-corrected chi connectivity index (χ1v) is 17.5. The number of benzene rings is 9. The lowest BCUT2D eigenvalue weighted by molar-refractivity contribution is 1.30. The summed E-state index contributed by atoms with van der Waals surface area (Å²) in [6, 6.07) is 76.6. The van der Waals surface area contributed by atoms with Crippen LogP contribution in [0.5, 0.6) is 0 Å². The summed E-state index contributed by atoms with van der Waals surface area (Å²) in [6.45, 7) is 0. The largest absolute Gasteiger partial charge is 0.309 e. The van der Waals surface area contributed by atoms with Gasteiger partial charge in [0, 0.05) is 22.3 Å². The van der Waals surface area contributed by atoms with Crippen LogP contribution in [0.2, 0.25) is 0 Å². The van der Waals surface area contributed by atoms with E-state index in [0.29, 0.717) is 0 Å². The fraction of sp³-hybridized carbons (Fsp3) is 0. The van der Waals surface area contributed by atoms with Gasteiger partial charge in [-0.2, -0.15) is 0 Å². The third-order valence-electron chi connectivity index (χ3n) is 9.85. The van der Waals surface area contributed by atoms with E-state index in [4.69, 9.17) is 0 Å². The summed E-state index contributed by atoms with van der Waals surface area (Å²) in [5.41, 5.74) is 13.0. The minimum atomic E-state index is 1.10. The maximum absolute atomic E-state index is 2.44. The minimum absolute atomic E-state index is 1.10. The molecule has 0 spiro atoms. The average molecular weight is 650 g/mol. The Kier molecular flexibility index (Phi) is 7.92. The van der Waals surface area contributed by atoms with Crippen LogP contribution in [0.25, 0.3) is 66.1 Å². The zero-order chi connectivity index (χ0) is 34.0. The van der Waals surface area contributed by atoms with Crippen molar-refractivity contribution in [1.29, 1.82) is 0 Å². The van der Waals surface area contributed by atoms with E-state index in [2.05, 4.69) is 217 Å². The predicted molar refractivity (Wildman–Crippen MR) is 218 cm³/mol. The number of anilines is 3. The molecule has 0 radical (unpaired) electrons. The molecule has 9 aromatic rings. The highest BCUT2D eigenvalue weighted by molar-refractivity contribution is 6.22.